The van der Waals surface area contributed by atoms with Gasteiger partial charge in [-0.1, -0.05) is 11.6 Å². The molecule has 0 aromatic heterocycles. The lowest BCUT2D eigenvalue weighted by atomic mass is 10.00. The molecule has 1 saturated carbocycles. The highest BCUT2D eigenvalue weighted by Crippen LogP contribution is 2.41. The average molecular weight is 267 g/mol. The highest BCUT2D eigenvalue weighted by Gasteiger charge is 2.42. The van der Waals surface area contributed by atoms with Crippen molar-refractivity contribution in [2.24, 2.45) is 11.8 Å². The van der Waals surface area contributed by atoms with Crippen molar-refractivity contribution in [3.63, 3.8) is 0 Å². The smallest absolute Gasteiger partial charge is 0.0656 e. The van der Waals surface area contributed by atoms with E-state index in [0.29, 0.717) is 22.5 Å². The van der Waals surface area contributed by atoms with Gasteiger partial charge in [0.25, 0.3) is 0 Å². The fraction of sp³-hybridized carbons (Fsp3) is 0.571. The molecule has 1 saturated heterocycles. The van der Waals surface area contributed by atoms with E-state index in [9.17, 15) is 5.11 Å². The van der Waals surface area contributed by atoms with Gasteiger partial charge in [0.05, 0.1) is 16.8 Å². The molecular formula is C14H19ClN2O. The molecule has 1 heterocycles. The lowest BCUT2D eigenvalue weighted by molar-refractivity contribution is 0.133. The van der Waals surface area contributed by atoms with E-state index in [1.165, 1.54) is 0 Å². The van der Waals surface area contributed by atoms with Crippen molar-refractivity contribution in [3.05, 3.63) is 22.7 Å². The molecule has 0 spiro atoms. The van der Waals surface area contributed by atoms with Crippen LogP contribution in [0.5, 0.6) is 0 Å². The first-order chi connectivity index (χ1) is 8.56. The van der Waals surface area contributed by atoms with Crippen molar-refractivity contribution in [2.45, 2.75) is 25.9 Å². The third kappa shape index (κ3) is 1.86. The average Bonchev–Trinajstić information content (AvgIpc) is 2.87. The van der Waals surface area contributed by atoms with Crippen LogP contribution in [0.25, 0.3) is 0 Å². The second kappa shape index (κ2) is 4.32. The first-order valence-corrected chi connectivity index (χ1v) is 6.92. The number of hydrogen-bond donors (Lipinski definition) is 2. The number of halogens is 1. The van der Waals surface area contributed by atoms with E-state index in [4.69, 9.17) is 17.3 Å². The molecule has 3 nitrogen and oxygen atoms in total. The van der Waals surface area contributed by atoms with Crippen LogP contribution in [0.1, 0.15) is 18.4 Å². The molecule has 18 heavy (non-hydrogen) atoms. The second-order valence-electron chi connectivity index (χ2n) is 5.63. The third-order valence-corrected chi connectivity index (χ3v) is 4.80. The summed E-state index contributed by atoms with van der Waals surface area (Å²) >= 11 is 6.11. The Morgan fingerprint density at radius 2 is 2.11 bits per heavy atom. The summed E-state index contributed by atoms with van der Waals surface area (Å²) in [6.07, 6.45) is 1.99. The minimum absolute atomic E-state index is 0.121. The Morgan fingerprint density at radius 1 is 1.33 bits per heavy atom. The fourth-order valence-corrected chi connectivity index (χ4v) is 3.63. The van der Waals surface area contributed by atoms with Gasteiger partial charge in [0, 0.05) is 24.7 Å². The molecule has 4 heteroatoms. The van der Waals surface area contributed by atoms with Crippen LogP contribution in [-0.2, 0) is 0 Å². The van der Waals surface area contributed by atoms with Gasteiger partial charge in [0.2, 0.25) is 0 Å². The van der Waals surface area contributed by atoms with E-state index in [1.807, 2.05) is 12.1 Å². The lowest BCUT2D eigenvalue weighted by Gasteiger charge is -2.23. The van der Waals surface area contributed by atoms with Gasteiger partial charge in [-0.05, 0) is 43.4 Å². The quantitative estimate of drug-likeness (QED) is 0.768. The minimum atomic E-state index is -0.121. The van der Waals surface area contributed by atoms with Crippen LogP contribution in [0.4, 0.5) is 11.4 Å². The monoisotopic (exact) mass is 266 g/mol. The maximum atomic E-state index is 9.96. The highest BCUT2D eigenvalue weighted by molar-refractivity contribution is 6.33. The second-order valence-corrected chi connectivity index (χ2v) is 6.04. The van der Waals surface area contributed by atoms with Gasteiger partial charge in [-0.3, -0.25) is 0 Å². The Bertz CT molecular complexity index is 477. The summed E-state index contributed by atoms with van der Waals surface area (Å²) in [4.78, 5) is 2.35. The van der Waals surface area contributed by atoms with E-state index < -0.39 is 0 Å². The van der Waals surface area contributed by atoms with Crippen LogP contribution in [-0.4, -0.2) is 24.3 Å². The van der Waals surface area contributed by atoms with E-state index in [1.54, 1.807) is 0 Å². The van der Waals surface area contributed by atoms with Crippen LogP contribution in [0, 0.1) is 18.8 Å². The van der Waals surface area contributed by atoms with Gasteiger partial charge in [0.1, 0.15) is 0 Å². The predicted molar refractivity (Wildman–Crippen MR) is 75.0 cm³/mol. The normalized spacial score (nSPS) is 30.8. The summed E-state index contributed by atoms with van der Waals surface area (Å²) in [6.45, 7) is 4.03. The minimum Gasteiger partial charge on any atom is -0.398 e. The lowest BCUT2D eigenvalue weighted by Crippen LogP contribution is -2.25. The number of aliphatic hydroxyl groups excluding tert-OH is 1. The molecule has 0 amide bonds. The first kappa shape index (κ1) is 12.1. The SMILES string of the molecule is Cc1cc(N)c(Cl)cc1N1CC2CCC(O)C2C1. The number of aryl methyl sites for hydroxylation is 1. The zero-order valence-corrected chi connectivity index (χ0v) is 11.3. The Morgan fingerprint density at radius 3 is 2.83 bits per heavy atom. The van der Waals surface area contributed by atoms with E-state index in [0.717, 1.165) is 37.2 Å². The summed E-state index contributed by atoms with van der Waals surface area (Å²) in [5.41, 5.74) is 8.77. The van der Waals surface area contributed by atoms with Gasteiger partial charge in [-0.2, -0.15) is 0 Å². The zero-order valence-electron chi connectivity index (χ0n) is 10.6. The number of fused-ring (bicyclic) bond motifs is 1. The molecule has 98 valence electrons. The number of anilines is 2. The molecule has 3 rings (SSSR count). The molecule has 3 unspecified atom stereocenters. The largest absolute Gasteiger partial charge is 0.398 e. The zero-order chi connectivity index (χ0) is 12.9. The maximum absolute atomic E-state index is 9.96. The predicted octanol–water partition coefficient (Wildman–Crippen LogP) is 2.44. The number of hydrogen-bond acceptors (Lipinski definition) is 3. The van der Waals surface area contributed by atoms with Crippen LogP contribution in [0.2, 0.25) is 5.02 Å². The molecule has 0 bridgehead atoms. The topological polar surface area (TPSA) is 49.5 Å². The maximum Gasteiger partial charge on any atom is 0.0656 e. The van der Waals surface area contributed by atoms with Crippen molar-refractivity contribution in [1.82, 2.24) is 0 Å². The molecular weight excluding hydrogens is 248 g/mol. The summed E-state index contributed by atoms with van der Waals surface area (Å²) in [6, 6.07) is 3.89. The van der Waals surface area contributed by atoms with Crippen molar-refractivity contribution >= 4 is 23.0 Å². The van der Waals surface area contributed by atoms with E-state index in [-0.39, 0.29) is 6.10 Å². The van der Waals surface area contributed by atoms with Crippen molar-refractivity contribution < 1.29 is 5.11 Å². The standard InChI is InChI=1S/C14H19ClN2O/c1-8-4-12(16)11(15)5-13(8)17-6-9-2-3-14(18)10(9)7-17/h4-5,9-10,14,18H,2-3,6-7,16H2,1H3. The van der Waals surface area contributed by atoms with Crippen LogP contribution >= 0.6 is 11.6 Å². The molecule has 1 aromatic rings. The van der Waals surface area contributed by atoms with Gasteiger partial charge >= 0.3 is 0 Å². The van der Waals surface area contributed by atoms with Crippen molar-refractivity contribution in [1.29, 1.82) is 0 Å². The summed E-state index contributed by atoms with van der Waals surface area (Å²) in [7, 11) is 0. The Hall–Kier alpha value is -0.930. The van der Waals surface area contributed by atoms with Gasteiger partial charge < -0.3 is 15.7 Å². The van der Waals surface area contributed by atoms with Gasteiger partial charge in [-0.25, -0.2) is 0 Å². The fourth-order valence-electron chi connectivity index (χ4n) is 3.47. The van der Waals surface area contributed by atoms with Crippen molar-refractivity contribution in [3.8, 4) is 0 Å². The molecule has 3 atom stereocenters. The molecule has 0 radical (unpaired) electrons. The van der Waals surface area contributed by atoms with Gasteiger partial charge in [0.15, 0.2) is 0 Å². The summed E-state index contributed by atoms with van der Waals surface area (Å²) in [5.74, 6) is 1.07. The van der Waals surface area contributed by atoms with Crippen LogP contribution in [0.15, 0.2) is 12.1 Å². The van der Waals surface area contributed by atoms with Crippen LogP contribution in [0.3, 0.4) is 0 Å². The number of benzene rings is 1. The summed E-state index contributed by atoms with van der Waals surface area (Å²) in [5, 5.41) is 10.6. The first-order valence-electron chi connectivity index (χ1n) is 6.55. The number of rotatable bonds is 1. The molecule has 1 aliphatic carbocycles. The molecule has 2 fully saturated rings. The van der Waals surface area contributed by atoms with Gasteiger partial charge in [-0.15, -0.1) is 0 Å². The Kier molecular flexibility index (Phi) is 2.91. The summed E-state index contributed by atoms with van der Waals surface area (Å²) < 4.78 is 0. The highest BCUT2D eigenvalue weighted by atomic mass is 35.5. The molecule has 3 N–H and O–H groups in total. The van der Waals surface area contributed by atoms with Crippen molar-refractivity contribution in [2.75, 3.05) is 23.7 Å². The number of nitrogen functional groups attached to an aromatic ring is 1. The molecule has 1 aliphatic heterocycles. The molecule has 1 aromatic carbocycles. The molecule has 2 aliphatic rings. The van der Waals surface area contributed by atoms with E-state index in [2.05, 4.69) is 11.8 Å². The van der Waals surface area contributed by atoms with E-state index >= 15 is 0 Å². The third-order valence-electron chi connectivity index (χ3n) is 4.47. The number of nitrogens with zero attached hydrogens (tertiary/aromatic N) is 1. The number of nitrogens with two attached hydrogens (primary N) is 1. The Balaban J connectivity index is 1.87. The Labute approximate surface area is 113 Å². The number of aliphatic hydroxyl groups is 1. The van der Waals surface area contributed by atoms with Crippen LogP contribution < -0.4 is 10.6 Å².